The van der Waals surface area contributed by atoms with Crippen LogP contribution < -0.4 is 10.1 Å². The maximum Gasteiger partial charge on any atom is 0.221 e. The van der Waals surface area contributed by atoms with Crippen LogP contribution in [0.25, 0.3) is 0 Å². The molecule has 1 atom stereocenters. The van der Waals surface area contributed by atoms with E-state index >= 15 is 0 Å². The van der Waals surface area contributed by atoms with Crippen LogP contribution in [-0.4, -0.2) is 41.2 Å². The number of para-hydroxylation sites is 1. The van der Waals surface area contributed by atoms with Crippen molar-refractivity contribution in [2.45, 2.75) is 31.9 Å². The minimum Gasteiger partial charge on any atom is -0.491 e. The van der Waals surface area contributed by atoms with Gasteiger partial charge in [0.05, 0.1) is 0 Å². The zero-order chi connectivity index (χ0) is 18.4. The zero-order valence-electron chi connectivity index (χ0n) is 15.1. The normalized spacial score (nSPS) is 20.5. The molecular weight excluding hydrogens is 328 g/mol. The Labute approximate surface area is 154 Å². The summed E-state index contributed by atoms with van der Waals surface area (Å²) in [5.41, 5.74) is 1.13. The Kier molecular flexibility index (Phi) is 5.91. The van der Waals surface area contributed by atoms with Gasteiger partial charge < -0.3 is 15.2 Å². The second-order valence-electron chi connectivity index (χ2n) is 7.02. The smallest absolute Gasteiger partial charge is 0.221 e. The fourth-order valence-corrected chi connectivity index (χ4v) is 3.35. The molecule has 1 aliphatic rings. The summed E-state index contributed by atoms with van der Waals surface area (Å²) in [5, 5.41) is 13.7. The van der Waals surface area contributed by atoms with Gasteiger partial charge in [0.1, 0.15) is 18.0 Å². The number of carbonyl (C=O) groups excluding carboxylic acids is 1. The van der Waals surface area contributed by atoms with Gasteiger partial charge in [-0.1, -0.05) is 30.3 Å². The highest BCUT2D eigenvalue weighted by atomic mass is 16.5. The van der Waals surface area contributed by atoms with E-state index in [1.807, 2.05) is 54.6 Å². The van der Waals surface area contributed by atoms with Crippen LogP contribution in [0.5, 0.6) is 5.75 Å². The van der Waals surface area contributed by atoms with Crippen LogP contribution in [0.3, 0.4) is 0 Å². The number of hydrogen-bond acceptors (Lipinski definition) is 4. The van der Waals surface area contributed by atoms with E-state index in [1.165, 1.54) is 6.92 Å². The summed E-state index contributed by atoms with van der Waals surface area (Å²) in [6.45, 7) is 4.12. The lowest BCUT2D eigenvalue weighted by atomic mass is 9.93. The van der Waals surface area contributed by atoms with Gasteiger partial charge in [0.2, 0.25) is 5.91 Å². The summed E-state index contributed by atoms with van der Waals surface area (Å²) < 4.78 is 5.78. The summed E-state index contributed by atoms with van der Waals surface area (Å²) in [7, 11) is 0. The second kappa shape index (κ2) is 8.34. The molecule has 1 saturated heterocycles. The van der Waals surface area contributed by atoms with E-state index in [0.717, 1.165) is 42.9 Å². The number of likely N-dealkylation sites (tertiary alicyclic amines) is 1. The molecular formula is C21H26N2O3. The zero-order valence-corrected chi connectivity index (χ0v) is 15.1. The molecule has 1 fully saturated rings. The number of β-amino-alcohol motifs (C(OH)–C–C–N with tert-alkyl or cyclic N) is 1. The van der Waals surface area contributed by atoms with Crippen molar-refractivity contribution >= 4 is 11.6 Å². The molecule has 1 heterocycles. The van der Waals surface area contributed by atoms with Gasteiger partial charge in [-0.2, -0.15) is 0 Å². The Morgan fingerprint density at radius 2 is 1.92 bits per heavy atom. The fourth-order valence-electron chi connectivity index (χ4n) is 3.35. The average molecular weight is 354 g/mol. The third-order valence-electron chi connectivity index (χ3n) is 4.57. The van der Waals surface area contributed by atoms with Crippen LogP contribution in [0.1, 0.15) is 25.3 Å². The standard InChI is InChI=1S/C21H26N2O3/c1-17(24)22-19-10-8-18(9-11-19)14-23-13-5-12-21(25,15-23)16-26-20-6-3-2-4-7-20/h2-4,6-11,25H,5,12-16H2,1H3,(H,22,24)/t21-/m1/s1. The third kappa shape index (κ3) is 5.31. The van der Waals surface area contributed by atoms with Gasteiger partial charge in [-0.05, 0) is 49.2 Å². The van der Waals surface area contributed by atoms with Crippen molar-refractivity contribution in [1.82, 2.24) is 4.90 Å². The van der Waals surface area contributed by atoms with Crippen LogP contribution in [0.2, 0.25) is 0 Å². The summed E-state index contributed by atoms with van der Waals surface area (Å²) >= 11 is 0. The molecule has 0 aromatic heterocycles. The van der Waals surface area contributed by atoms with E-state index < -0.39 is 5.60 Å². The highest BCUT2D eigenvalue weighted by Crippen LogP contribution is 2.24. The average Bonchev–Trinajstić information content (AvgIpc) is 2.62. The summed E-state index contributed by atoms with van der Waals surface area (Å²) in [6.07, 6.45) is 1.69. The molecule has 0 spiro atoms. The first-order valence-corrected chi connectivity index (χ1v) is 9.02. The van der Waals surface area contributed by atoms with Crippen molar-refractivity contribution in [3.63, 3.8) is 0 Å². The Morgan fingerprint density at radius 3 is 2.62 bits per heavy atom. The monoisotopic (exact) mass is 354 g/mol. The SMILES string of the molecule is CC(=O)Nc1ccc(CN2CCC[C@](O)(COc3ccccc3)C2)cc1. The lowest BCUT2D eigenvalue weighted by molar-refractivity contribution is -0.114. The number of piperidine rings is 1. The van der Waals surface area contributed by atoms with Crippen LogP contribution in [-0.2, 0) is 11.3 Å². The van der Waals surface area contributed by atoms with Gasteiger partial charge in [-0.3, -0.25) is 9.69 Å². The van der Waals surface area contributed by atoms with Gasteiger partial charge in [-0.15, -0.1) is 0 Å². The van der Waals surface area contributed by atoms with Gasteiger partial charge in [0, 0.05) is 25.7 Å². The van der Waals surface area contributed by atoms with Crippen LogP contribution in [0, 0.1) is 0 Å². The van der Waals surface area contributed by atoms with Gasteiger partial charge >= 0.3 is 0 Å². The largest absolute Gasteiger partial charge is 0.491 e. The summed E-state index contributed by atoms with van der Waals surface area (Å²) in [4.78, 5) is 13.3. The second-order valence-corrected chi connectivity index (χ2v) is 7.02. The molecule has 1 amide bonds. The predicted molar refractivity (Wildman–Crippen MR) is 102 cm³/mol. The van der Waals surface area contributed by atoms with Crippen molar-refractivity contribution in [2.24, 2.45) is 0 Å². The topological polar surface area (TPSA) is 61.8 Å². The molecule has 2 aromatic carbocycles. The fraction of sp³-hybridized carbons (Fsp3) is 0.381. The van der Waals surface area contributed by atoms with E-state index in [0.29, 0.717) is 13.2 Å². The van der Waals surface area contributed by atoms with Gasteiger partial charge in [0.15, 0.2) is 0 Å². The van der Waals surface area contributed by atoms with E-state index in [9.17, 15) is 9.90 Å². The van der Waals surface area contributed by atoms with E-state index in [4.69, 9.17) is 4.74 Å². The number of hydrogen-bond donors (Lipinski definition) is 2. The molecule has 5 heteroatoms. The quantitative estimate of drug-likeness (QED) is 0.837. The molecule has 1 aliphatic heterocycles. The summed E-state index contributed by atoms with van der Waals surface area (Å²) in [6, 6.07) is 17.5. The molecule has 3 rings (SSSR count). The van der Waals surface area contributed by atoms with Crippen molar-refractivity contribution in [3.8, 4) is 5.75 Å². The maximum atomic E-state index is 11.1. The highest BCUT2D eigenvalue weighted by Gasteiger charge is 2.34. The Morgan fingerprint density at radius 1 is 1.19 bits per heavy atom. The van der Waals surface area contributed by atoms with Crippen LogP contribution in [0.4, 0.5) is 5.69 Å². The minimum absolute atomic E-state index is 0.0720. The highest BCUT2D eigenvalue weighted by molar-refractivity contribution is 5.88. The number of amides is 1. The molecule has 0 saturated carbocycles. The molecule has 5 nitrogen and oxygen atoms in total. The summed E-state index contributed by atoms with van der Waals surface area (Å²) in [5.74, 6) is 0.712. The molecule has 138 valence electrons. The van der Waals surface area contributed by atoms with Crippen molar-refractivity contribution < 1.29 is 14.6 Å². The lowest BCUT2D eigenvalue weighted by Crippen LogP contribution is -2.51. The number of carbonyl (C=O) groups is 1. The van der Waals surface area contributed by atoms with E-state index in [2.05, 4.69) is 10.2 Å². The third-order valence-corrected chi connectivity index (χ3v) is 4.57. The number of nitrogens with one attached hydrogen (secondary N) is 1. The number of rotatable bonds is 6. The van der Waals surface area contributed by atoms with Crippen molar-refractivity contribution in [3.05, 3.63) is 60.2 Å². The maximum absolute atomic E-state index is 11.1. The predicted octanol–water partition coefficient (Wildman–Crippen LogP) is 3.05. The van der Waals surface area contributed by atoms with Crippen molar-refractivity contribution in [1.29, 1.82) is 0 Å². The number of anilines is 1. The molecule has 2 aromatic rings. The van der Waals surface area contributed by atoms with Crippen molar-refractivity contribution in [2.75, 3.05) is 25.0 Å². The van der Waals surface area contributed by atoms with Gasteiger partial charge in [-0.25, -0.2) is 0 Å². The van der Waals surface area contributed by atoms with Crippen LogP contribution >= 0.6 is 0 Å². The Balaban J connectivity index is 1.55. The molecule has 26 heavy (non-hydrogen) atoms. The van der Waals surface area contributed by atoms with E-state index in [1.54, 1.807) is 0 Å². The molecule has 2 N–H and O–H groups in total. The first-order chi connectivity index (χ1) is 12.5. The number of nitrogens with zero attached hydrogens (tertiary/aromatic N) is 1. The molecule has 0 bridgehead atoms. The Hall–Kier alpha value is -2.37. The van der Waals surface area contributed by atoms with E-state index in [-0.39, 0.29) is 5.91 Å². The first kappa shape index (κ1) is 18.4. The number of aliphatic hydroxyl groups is 1. The number of benzene rings is 2. The van der Waals surface area contributed by atoms with Gasteiger partial charge in [0.25, 0.3) is 0 Å². The number of ether oxygens (including phenoxy) is 1. The molecule has 0 radical (unpaired) electrons. The molecule has 0 unspecified atom stereocenters. The Bertz CT molecular complexity index is 718. The lowest BCUT2D eigenvalue weighted by Gasteiger charge is -2.39. The first-order valence-electron chi connectivity index (χ1n) is 9.02. The minimum atomic E-state index is -0.829. The van der Waals surface area contributed by atoms with Crippen LogP contribution in [0.15, 0.2) is 54.6 Å². The molecule has 0 aliphatic carbocycles.